The Kier molecular flexibility index (Phi) is 10.2. The third-order valence-corrected chi connectivity index (χ3v) is 4.86. The molecule has 2 aromatic heterocycles. The first-order valence-electron chi connectivity index (χ1n) is 7.37. The summed E-state index contributed by atoms with van der Waals surface area (Å²) < 4.78 is 7.43. The van der Waals surface area contributed by atoms with E-state index in [1.807, 2.05) is 6.92 Å². The van der Waals surface area contributed by atoms with Crippen LogP contribution in [0.25, 0.3) is 16.9 Å². The largest absolute Gasteiger partial charge is 0.665 e. The fraction of sp³-hybridized carbons (Fsp3) is 0.467. The Balaban J connectivity index is 0.00000134. The van der Waals surface area contributed by atoms with Crippen LogP contribution in [0.1, 0.15) is 16.1 Å². The Morgan fingerprint density at radius 3 is 2.56 bits per heavy atom. The maximum atomic E-state index is 11.4. The second-order valence-corrected chi connectivity index (χ2v) is 12.1. The molecule has 0 spiro atoms. The number of aromatic nitrogens is 3. The van der Waals surface area contributed by atoms with Crippen LogP contribution in [0.2, 0.25) is 25.7 Å². The summed E-state index contributed by atoms with van der Waals surface area (Å²) in [5.41, 5.74) is 9.38. The topological polar surface area (TPSA) is 118 Å². The number of amides is 1. The minimum atomic E-state index is -1.12. The van der Waals surface area contributed by atoms with Gasteiger partial charge in [-0.1, -0.05) is 26.1 Å². The van der Waals surface area contributed by atoms with Crippen molar-refractivity contribution in [3.63, 3.8) is 0 Å². The van der Waals surface area contributed by atoms with E-state index >= 15 is 0 Å². The standard InChI is InChI=1S/C14H22N4O2Si.CHO2.Y/c1-10-7-16-14-12(17-10)11(13(15)19)8-18(14)9-20-5-6-21(2,3)4;2-1-3;/h7-8H,5-6,9H2,1-4H3,(H2,15,19);(H,2,3);/q;-1;/p-1. The van der Waals surface area contributed by atoms with Crippen molar-refractivity contribution in [2.75, 3.05) is 6.61 Å². The van der Waals surface area contributed by atoms with Gasteiger partial charge in [-0.05, 0) is 13.0 Å². The molecular weight excluding hydrogens is 417 g/mol. The number of ether oxygens (including phenoxy) is 1. The van der Waals surface area contributed by atoms with Crippen LogP contribution in [0.15, 0.2) is 12.4 Å². The van der Waals surface area contributed by atoms with Crippen molar-refractivity contribution >= 4 is 31.6 Å². The van der Waals surface area contributed by atoms with E-state index < -0.39 is 14.0 Å². The smallest absolute Gasteiger partial charge is 0.161 e. The van der Waals surface area contributed by atoms with Gasteiger partial charge in [-0.15, -0.1) is 0 Å². The molecule has 135 valence electrons. The van der Waals surface area contributed by atoms with Gasteiger partial charge in [0, 0.05) is 59.2 Å². The van der Waals surface area contributed by atoms with Crippen molar-refractivity contribution in [2.24, 2.45) is 0 Å². The monoisotopic (exact) mass is 439 g/mol. The zero-order valence-electron chi connectivity index (χ0n) is 14.9. The van der Waals surface area contributed by atoms with Crippen molar-refractivity contribution in [2.45, 2.75) is 39.3 Å². The maximum absolute atomic E-state index is 11.4. The zero-order chi connectivity index (χ0) is 18.3. The summed E-state index contributed by atoms with van der Waals surface area (Å²) in [6.07, 6.45) is 3.26. The Labute approximate surface area is 173 Å². The second kappa shape index (κ2) is 10.7. The third-order valence-electron chi connectivity index (χ3n) is 3.16. The SMILES string of the molecule is Cc1cnc2c(n1)c(C([NH-])=O)cn2COCC[Si](C)(C)C.O=[C-]O.[Y]. The van der Waals surface area contributed by atoms with E-state index in [0.717, 1.165) is 11.7 Å². The van der Waals surface area contributed by atoms with Gasteiger partial charge in [-0.2, -0.15) is 0 Å². The van der Waals surface area contributed by atoms with Crippen molar-refractivity contribution in [1.29, 1.82) is 0 Å². The Morgan fingerprint density at radius 2 is 2.04 bits per heavy atom. The molecule has 0 fully saturated rings. The second-order valence-electron chi connectivity index (χ2n) is 6.46. The third kappa shape index (κ3) is 7.72. The predicted molar refractivity (Wildman–Crippen MR) is 93.3 cm³/mol. The van der Waals surface area contributed by atoms with Crippen LogP contribution in [0.5, 0.6) is 0 Å². The predicted octanol–water partition coefficient (Wildman–Crippen LogP) is 2.85. The molecule has 8 nitrogen and oxygen atoms in total. The average Bonchev–Trinajstić information content (AvgIpc) is 2.81. The van der Waals surface area contributed by atoms with Gasteiger partial charge in [-0.25, -0.2) is 9.97 Å². The van der Waals surface area contributed by atoms with Crippen molar-refractivity contribution < 1.29 is 52.1 Å². The molecule has 0 aliphatic heterocycles. The first-order valence-corrected chi connectivity index (χ1v) is 11.1. The molecule has 0 bridgehead atoms. The number of hydrogen-bond acceptors (Lipinski definition) is 5. The number of carbonyl (C=O) groups is 1. The van der Waals surface area contributed by atoms with Gasteiger partial charge in [0.2, 0.25) is 0 Å². The van der Waals surface area contributed by atoms with Gasteiger partial charge in [0.15, 0.2) is 5.65 Å². The number of carbonyl (C=O) groups excluding carboxylic acids is 1. The molecule has 1 amide bonds. The molecule has 2 heterocycles. The van der Waals surface area contributed by atoms with Crippen LogP contribution < -0.4 is 0 Å². The summed E-state index contributed by atoms with van der Waals surface area (Å²) in [4.78, 5) is 28.2. The molecule has 1 radical (unpaired) electrons. The van der Waals surface area contributed by atoms with E-state index in [9.17, 15) is 4.79 Å². The van der Waals surface area contributed by atoms with Gasteiger partial charge >= 0.3 is 0 Å². The molecule has 2 rings (SSSR count). The molecule has 0 saturated heterocycles. The Hall–Kier alpha value is -1.16. The summed E-state index contributed by atoms with van der Waals surface area (Å²) in [6, 6.07) is 1.08. The van der Waals surface area contributed by atoms with Crippen LogP contribution in [-0.2, 0) is 49.0 Å². The average molecular weight is 439 g/mol. The van der Waals surface area contributed by atoms with Crippen molar-refractivity contribution in [1.82, 2.24) is 14.5 Å². The number of nitrogens with zero attached hydrogens (tertiary/aromatic N) is 3. The number of aryl methyl sites for hydroxylation is 1. The van der Waals surface area contributed by atoms with Gasteiger partial charge < -0.3 is 29.7 Å². The molecule has 2 N–H and O–H groups in total. The first kappa shape index (κ1) is 23.8. The van der Waals surface area contributed by atoms with Crippen LogP contribution in [0, 0.1) is 6.92 Å². The van der Waals surface area contributed by atoms with Crippen LogP contribution in [-0.4, -0.2) is 46.7 Å². The molecule has 0 aliphatic rings. The number of aliphatic hydroxyl groups excluding tert-OH is 1. The molecule has 25 heavy (non-hydrogen) atoms. The van der Waals surface area contributed by atoms with Gasteiger partial charge in [-0.3, -0.25) is 0 Å². The van der Waals surface area contributed by atoms with E-state index in [1.54, 1.807) is 17.0 Å². The molecule has 0 aromatic carbocycles. The summed E-state index contributed by atoms with van der Waals surface area (Å²) >= 11 is 0. The van der Waals surface area contributed by atoms with Gasteiger partial charge in [0.05, 0.1) is 17.8 Å². The van der Waals surface area contributed by atoms with E-state index in [4.69, 9.17) is 20.4 Å². The molecule has 0 aliphatic carbocycles. The minimum absolute atomic E-state index is 0. The van der Waals surface area contributed by atoms with Crippen molar-refractivity contribution in [3.05, 3.63) is 29.4 Å². The zero-order valence-corrected chi connectivity index (χ0v) is 18.7. The molecule has 0 unspecified atom stereocenters. The van der Waals surface area contributed by atoms with Crippen LogP contribution in [0.4, 0.5) is 0 Å². The molecule has 10 heteroatoms. The number of rotatable bonds is 6. The van der Waals surface area contributed by atoms with Gasteiger partial charge in [0.25, 0.3) is 0 Å². The van der Waals surface area contributed by atoms with E-state index in [2.05, 4.69) is 29.6 Å². The van der Waals surface area contributed by atoms with Gasteiger partial charge in [0.1, 0.15) is 12.2 Å². The molecular formula is C15H22N4O4SiY-2. The van der Waals surface area contributed by atoms with E-state index in [0.29, 0.717) is 31.0 Å². The quantitative estimate of drug-likeness (QED) is 0.420. The van der Waals surface area contributed by atoms with E-state index in [1.165, 1.54) is 0 Å². The summed E-state index contributed by atoms with van der Waals surface area (Å²) in [5.74, 6) is -0.749. The number of nitrogens with one attached hydrogen (secondary N) is 1. The van der Waals surface area contributed by atoms with Crippen LogP contribution in [0.3, 0.4) is 0 Å². The summed E-state index contributed by atoms with van der Waals surface area (Å²) in [5, 5.41) is 6.76. The number of fused-ring (bicyclic) bond motifs is 1. The Morgan fingerprint density at radius 1 is 1.44 bits per heavy atom. The summed E-state index contributed by atoms with van der Waals surface area (Å²) in [7, 11) is -1.12. The first-order chi connectivity index (χ1) is 11.2. The molecule has 0 atom stereocenters. The molecule has 0 saturated carbocycles. The molecule has 2 aromatic rings. The fourth-order valence-corrected chi connectivity index (χ4v) is 2.70. The normalized spacial score (nSPS) is 10.6. The fourth-order valence-electron chi connectivity index (χ4n) is 1.95. The number of hydrogen-bond donors (Lipinski definition) is 1. The van der Waals surface area contributed by atoms with Crippen molar-refractivity contribution in [3.8, 4) is 0 Å². The Bertz CT molecular complexity index is 715. The summed E-state index contributed by atoms with van der Waals surface area (Å²) in [6.45, 7) is 10.2. The van der Waals surface area contributed by atoms with Crippen LogP contribution >= 0.6 is 0 Å². The van der Waals surface area contributed by atoms with E-state index in [-0.39, 0.29) is 38.3 Å². The minimum Gasteiger partial charge on any atom is -0.665 e. The maximum Gasteiger partial charge on any atom is 0.161 e.